The lowest BCUT2D eigenvalue weighted by atomic mass is 9.62. The molecule has 4 nitrogen and oxygen atoms in total. The number of hydrogen-bond donors (Lipinski definition) is 2. The van der Waals surface area contributed by atoms with Gasteiger partial charge in [0.2, 0.25) is 0 Å². The Morgan fingerprint density at radius 1 is 1.03 bits per heavy atom. The van der Waals surface area contributed by atoms with Crippen LogP contribution in [0.5, 0.6) is 0 Å². The van der Waals surface area contributed by atoms with Crippen LogP contribution >= 0.6 is 0 Å². The summed E-state index contributed by atoms with van der Waals surface area (Å²) in [6.45, 7) is 8.84. The number of likely N-dealkylation sites (tertiary alicyclic amines) is 1. The van der Waals surface area contributed by atoms with E-state index in [2.05, 4.69) is 75.2 Å². The van der Waals surface area contributed by atoms with Gasteiger partial charge in [0.15, 0.2) is 0 Å². The fourth-order valence-corrected chi connectivity index (χ4v) is 7.41. The van der Waals surface area contributed by atoms with Gasteiger partial charge in [-0.25, -0.2) is 8.78 Å². The number of halogens is 2. The minimum Gasteiger partial charge on any atom is -0.357 e. The van der Waals surface area contributed by atoms with Gasteiger partial charge in [-0.1, -0.05) is 24.3 Å². The predicted molar refractivity (Wildman–Crippen MR) is 145 cm³/mol. The molecular weight excluding hydrogens is 466 g/mol. The van der Waals surface area contributed by atoms with E-state index in [0.29, 0.717) is 6.54 Å². The third kappa shape index (κ3) is 4.00. The highest BCUT2D eigenvalue weighted by Gasteiger charge is 2.52. The normalized spacial score (nSPS) is 24.5. The minimum absolute atomic E-state index is 0.0357. The maximum Gasteiger partial charge on any atom is 0.118 e. The molecule has 2 aromatic heterocycles. The summed E-state index contributed by atoms with van der Waals surface area (Å²) < 4.78 is 28.4. The number of rotatable bonds is 5. The van der Waals surface area contributed by atoms with Crippen molar-refractivity contribution in [2.45, 2.75) is 70.5 Å². The molecule has 2 aliphatic heterocycles. The van der Waals surface area contributed by atoms with Gasteiger partial charge in [-0.15, -0.1) is 0 Å². The summed E-state index contributed by atoms with van der Waals surface area (Å²) in [6.07, 6.45) is 1.79. The summed E-state index contributed by atoms with van der Waals surface area (Å²) >= 11 is 0. The van der Waals surface area contributed by atoms with E-state index in [0.717, 1.165) is 49.9 Å². The van der Waals surface area contributed by atoms with E-state index >= 15 is 4.39 Å². The lowest BCUT2D eigenvalue weighted by molar-refractivity contribution is -0.106. The quantitative estimate of drug-likeness (QED) is 0.320. The van der Waals surface area contributed by atoms with Crippen molar-refractivity contribution in [2.75, 3.05) is 19.6 Å². The van der Waals surface area contributed by atoms with E-state index < -0.39 is 11.8 Å². The number of para-hydroxylation sites is 1. The van der Waals surface area contributed by atoms with E-state index in [4.69, 9.17) is 0 Å². The monoisotopic (exact) mass is 502 g/mol. The number of benzene rings is 2. The fourth-order valence-electron chi connectivity index (χ4n) is 7.41. The first-order valence-corrected chi connectivity index (χ1v) is 13.7. The molecule has 1 unspecified atom stereocenters. The van der Waals surface area contributed by atoms with Crippen LogP contribution in [-0.2, 0) is 13.0 Å². The highest BCUT2D eigenvalue weighted by atomic mass is 19.1. The summed E-state index contributed by atoms with van der Waals surface area (Å²) in [6, 6.07) is 17.6. The standard InChI is InChI=1S/C31H36F2N4/c1-19-10-25-24-6-4-5-7-27(24)35-28(25)29(37(19)16-30(2,3)33)20-8-9-26-21(11-20)12-23(34-26)15-36-17-31(18-36)13-22(32)14-31/h4-9,11-12,19,22,29,34-35H,10,13-18H2,1-3H3/t19-,29?/m1/s1. The van der Waals surface area contributed by atoms with Crippen LogP contribution in [0.3, 0.4) is 0 Å². The lowest BCUT2D eigenvalue weighted by Crippen LogP contribution is -2.62. The third-order valence-corrected chi connectivity index (χ3v) is 8.91. The molecule has 1 aliphatic carbocycles. The van der Waals surface area contributed by atoms with Gasteiger partial charge in [0.1, 0.15) is 11.8 Å². The van der Waals surface area contributed by atoms with Gasteiger partial charge >= 0.3 is 0 Å². The number of alkyl halides is 2. The molecule has 0 amide bonds. The van der Waals surface area contributed by atoms with Gasteiger partial charge in [0, 0.05) is 70.8 Å². The number of nitrogens with zero attached hydrogens (tertiary/aromatic N) is 2. The molecule has 4 heterocycles. The van der Waals surface area contributed by atoms with Gasteiger partial charge in [0.05, 0.1) is 6.04 Å². The molecule has 2 N–H and O–H groups in total. The smallest absolute Gasteiger partial charge is 0.118 e. The summed E-state index contributed by atoms with van der Waals surface area (Å²) in [7, 11) is 0. The van der Waals surface area contributed by atoms with Crippen molar-refractivity contribution in [3.63, 3.8) is 0 Å². The molecule has 0 radical (unpaired) electrons. The zero-order valence-electron chi connectivity index (χ0n) is 22.0. The van der Waals surface area contributed by atoms with Gasteiger partial charge in [0.25, 0.3) is 0 Å². The van der Waals surface area contributed by atoms with E-state index in [1.165, 1.54) is 33.3 Å². The molecule has 1 saturated carbocycles. The van der Waals surface area contributed by atoms with Crippen molar-refractivity contribution in [3.05, 3.63) is 71.0 Å². The van der Waals surface area contributed by atoms with Crippen LogP contribution in [0.1, 0.15) is 62.2 Å². The number of nitrogens with one attached hydrogen (secondary N) is 2. The van der Waals surface area contributed by atoms with Crippen molar-refractivity contribution in [1.29, 1.82) is 0 Å². The Kier molecular flexibility index (Phi) is 5.16. The molecule has 6 heteroatoms. The van der Waals surface area contributed by atoms with Crippen LogP contribution in [0.2, 0.25) is 0 Å². The average molecular weight is 503 g/mol. The molecule has 2 atom stereocenters. The van der Waals surface area contributed by atoms with Crippen LogP contribution in [0.15, 0.2) is 48.5 Å². The molecule has 0 bridgehead atoms. The van der Waals surface area contributed by atoms with Gasteiger partial charge in [-0.05, 0) is 75.4 Å². The summed E-state index contributed by atoms with van der Waals surface area (Å²) in [5.74, 6) is 0. The minimum atomic E-state index is -1.29. The predicted octanol–water partition coefficient (Wildman–Crippen LogP) is 6.67. The number of fused-ring (bicyclic) bond motifs is 4. The fraction of sp³-hybridized carbons (Fsp3) is 0.484. The molecule has 1 spiro atoms. The first kappa shape index (κ1) is 23.4. The third-order valence-electron chi connectivity index (χ3n) is 8.91. The summed E-state index contributed by atoms with van der Waals surface area (Å²) in [4.78, 5) is 12.1. The molecule has 4 aromatic rings. The number of aromatic nitrogens is 2. The Labute approximate surface area is 217 Å². The average Bonchev–Trinajstić information content (AvgIpc) is 3.36. The largest absolute Gasteiger partial charge is 0.357 e. The van der Waals surface area contributed by atoms with Crippen LogP contribution < -0.4 is 0 Å². The maximum absolute atomic E-state index is 15.1. The van der Waals surface area contributed by atoms with E-state index in [1.807, 2.05) is 0 Å². The van der Waals surface area contributed by atoms with E-state index in [1.54, 1.807) is 13.8 Å². The van der Waals surface area contributed by atoms with Crippen molar-refractivity contribution < 1.29 is 8.78 Å². The second-order valence-electron chi connectivity index (χ2n) is 12.7. The van der Waals surface area contributed by atoms with Crippen LogP contribution in [0.4, 0.5) is 8.78 Å². The van der Waals surface area contributed by atoms with Crippen molar-refractivity contribution in [1.82, 2.24) is 19.8 Å². The highest BCUT2D eigenvalue weighted by Crippen LogP contribution is 2.50. The molecule has 3 aliphatic rings. The number of hydrogen-bond acceptors (Lipinski definition) is 2. The second kappa shape index (κ2) is 8.15. The molecule has 2 aromatic carbocycles. The topological polar surface area (TPSA) is 38.1 Å². The second-order valence-corrected chi connectivity index (χ2v) is 12.7. The molecule has 7 rings (SSSR count). The van der Waals surface area contributed by atoms with Crippen LogP contribution in [0.25, 0.3) is 21.8 Å². The van der Waals surface area contributed by atoms with Gasteiger partial charge in [-0.2, -0.15) is 0 Å². The van der Waals surface area contributed by atoms with Crippen molar-refractivity contribution in [2.24, 2.45) is 5.41 Å². The zero-order valence-corrected chi connectivity index (χ0v) is 22.0. The Morgan fingerprint density at radius 2 is 1.81 bits per heavy atom. The number of aromatic amines is 2. The molecule has 2 fully saturated rings. The first-order valence-electron chi connectivity index (χ1n) is 13.7. The summed E-state index contributed by atoms with van der Waals surface area (Å²) in [5.41, 5.74) is 6.16. The van der Waals surface area contributed by atoms with Gasteiger partial charge in [-0.3, -0.25) is 9.80 Å². The summed E-state index contributed by atoms with van der Waals surface area (Å²) in [5, 5.41) is 2.46. The highest BCUT2D eigenvalue weighted by molar-refractivity contribution is 5.86. The Bertz CT molecular complexity index is 1460. The van der Waals surface area contributed by atoms with E-state index in [-0.39, 0.29) is 17.5 Å². The van der Waals surface area contributed by atoms with Crippen LogP contribution in [0, 0.1) is 5.41 Å². The molecule has 1 saturated heterocycles. The van der Waals surface area contributed by atoms with E-state index in [9.17, 15) is 4.39 Å². The van der Waals surface area contributed by atoms with Crippen LogP contribution in [-0.4, -0.2) is 57.3 Å². The molecular formula is C31H36F2N4. The molecule has 194 valence electrons. The Hall–Kier alpha value is -2.70. The molecule has 37 heavy (non-hydrogen) atoms. The van der Waals surface area contributed by atoms with Crippen molar-refractivity contribution >= 4 is 21.8 Å². The maximum atomic E-state index is 15.1. The first-order chi connectivity index (χ1) is 17.7. The Balaban J connectivity index is 1.23. The lowest BCUT2D eigenvalue weighted by Gasteiger charge is -2.57. The van der Waals surface area contributed by atoms with Crippen molar-refractivity contribution in [3.8, 4) is 0 Å². The van der Waals surface area contributed by atoms with Gasteiger partial charge < -0.3 is 9.97 Å². The zero-order chi connectivity index (χ0) is 25.5. The number of H-pyrrole nitrogens is 2. The Morgan fingerprint density at radius 3 is 2.57 bits per heavy atom. The SMILES string of the molecule is C[C@@H]1Cc2c([nH]c3ccccc23)C(c2ccc3[nH]c(CN4CC5(CC(F)C5)C4)cc3c2)N1CC(C)(C)F.